The number of pyridine rings is 1. The van der Waals surface area contributed by atoms with Gasteiger partial charge in [0, 0.05) is 23.8 Å². The van der Waals surface area contributed by atoms with Gasteiger partial charge in [0.25, 0.3) is 0 Å². The molecule has 17 heavy (non-hydrogen) atoms. The molecule has 2 rings (SSSR count). The van der Waals surface area contributed by atoms with Crippen molar-refractivity contribution in [2.75, 3.05) is 5.32 Å². The van der Waals surface area contributed by atoms with Gasteiger partial charge in [-0.25, -0.2) is 9.97 Å². The predicted molar refractivity (Wildman–Crippen MR) is 67.8 cm³/mol. The number of nitrogens with zero attached hydrogens (tertiary/aromatic N) is 3. The minimum absolute atomic E-state index is 0.166. The van der Waals surface area contributed by atoms with Gasteiger partial charge in [-0.2, -0.15) is 0 Å². The second-order valence-electron chi connectivity index (χ2n) is 4.12. The van der Waals surface area contributed by atoms with E-state index in [4.69, 9.17) is 0 Å². The van der Waals surface area contributed by atoms with E-state index in [1.165, 1.54) is 5.56 Å². The summed E-state index contributed by atoms with van der Waals surface area (Å²) >= 11 is 0. The molecular formula is C13H16N4. The first kappa shape index (κ1) is 11.5. The fourth-order valence-electron chi connectivity index (χ4n) is 1.72. The molecule has 0 aromatic carbocycles. The van der Waals surface area contributed by atoms with Gasteiger partial charge in [0.05, 0.1) is 6.04 Å². The summed E-state index contributed by atoms with van der Waals surface area (Å²) in [7, 11) is 0. The van der Waals surface area contributed by atoms with E-state index in [2.05, 4.69) is 27.2 Å². The van der Waals surface area contributed by atoms with Crippen LogP contribution in [0.15, 0.2) is 30.6 Å². The molecule has 0 aliphatic heterocycles. The smallest absolute Gasteiger partial charge is 0.223 e. The molecule has 0 spiro atoms. The van der Waals surface area contributed by atoms with Gasteiger partial charge in [0.2, 0.25) is 5.95 Å². The Morgan fingerprint density at radius 1 is 1.06 bits per heavy atom. The molecular weight excluding hydrogens is 212 g/mol. The second-order valence-corrected chi connectivity index (χ2v) is 4.12. The number of aromatic nitrogens is 3. The Hall–Kier alpha value is -1.97. The molecule has 0 saturated carbocycles. The average molecular weight is 228 g/mol. The number of nitrogens with one attached hydrogen (secondary N) is 1. The maximum absolute atomic E-state index is 4.36. The van der Waals surface area contributed by atoms with Gasteiger partial charge in [0.15, 0.2) is 0 Å². The number of hydrogen-bond donors (Lipinski definition) is 1. The lowest BCUT2D eigenvalue weighted by molar-refractivity contribution is 0.850. The highest BCUT2D eigenvalue weighted by Crippen LogP contribution is 2.16. The van der Waals surface area contributed by atoms with Gasteiger partial charge in [-0.3, -0.25) is 4.98 Å². The number of hydrogen-bond acceptors (Lipinski definition) is 4. The van der Waals surface area contributed by atoms with Crippen LogP contribution in [0.2, 0.25) is 0 Å². The first-order chi connectivity index (χ1) is 8.15. The average Bonchev–Trinajstić information content (AvgIpc) is 2.28. The summed E-state index contributed by atoms with van der Waals surface area (Å²) < 4.78 is 0. The number of rotatable bonds is 3. The van der Waals surface area contributed by atoms with Crippen molar-refractivity contribution >= 4 is 5.95 Å². The lowest BCUT2D eigenvalue weighted by Crippen LogP contribution is -2.10. The summed E-state index contributed by atoms with van der Waals surface area (Å²) in [6, 6.07) is 6.10. The minimum Gasteiger partial charge on any atom is -0.348 e. The van der Waals surface area contributed by atoms with Crippen LogP contribution in [-0.4, -0.2) is 15.0 Å². The first-order valence-corrected chi connectivity index (χ1v) is 5.64. The first-order valence-electron chi connectivity index (χ1n) is 5.64. The molecule has 1 unspecified atom stereocenters. The topological polar surface area (TPSA) is 50.7 Å². The molecule has 0 bridgehead atoms. The van der Waals surface area contributed by atoms with Crippen molar-refractivity contribution in [3.8, 4) is 0 Å². The second kappa shape index (κ2) is 4.91. The maximum atomic E-state index is 4.36. The number of aryl methyl sites for hydroxylation is 2. The van der Waals surface area contributed by atoms with Crippen LogP contribution in [-0.2, 0) is 0 Å². The summed E-state index contributed by atoms with van der Waals surface area (Å²) in [6.45, 7) is 6.02. The van der Waals surface area contributed by atoms with E-state index in [1.807, 2.05) is 32.0 Å². The molecule has 88 valence electrons. The number of anilines is 1. The quantitative estimate of drug-likeness (QED) is 0.877. The van der Waals surface area contributed by atoms with Crippen LogP contribution in [0.25, 0.3) is 0 Å². The van der Waals surface area contributed by atoms with Crippen molar-refractivity contribution in [2.24, 2.45) is 0 Å². The Labute approximate surface area is 101 Å². The predicted octanol–water partition coefficient (Wildman–Crippen LogP) is 2.66. The van der Waals surface area contributed by atoms with Crippen LogP contribution in [0.1, 0.15) is 29.9 Å². The van der Waals surface area contributed by atoms with Crippen molar-refractivity contribution in [2.45, 2.75) is 26.8 Å². The van der Waals surface area contributed by atoms with Crippen molar-refractivity contribution in [3.63, 3.8) is 0 Å². The zero-order valence-electron chi connectivity index (χ0n) is 10.3. The van der Waals surface area contributed by atoms with Crippen molar-refractivity contribution < 1.29 is 0 Å². The van der Waals surface area contributed by atoms with E-state index < -0.39 is 0 Å². The van der Waals surface area contributed by atoms with Crippen LogP contribution in [0, 0.1) is 13.8 Å². The Morgan fingerprint density at radius 2 is 1.65 bits per heavy atom. The molecule has 1 N–H and O–H groups in total. The van der Waals surface area contributed by atoms with E-state index in [1.54, 1.807) is 12.4 Å². The largest absolute Gasteiger partial charge is 0.348 e. The highest BCUT2D eigenvalue weighted by Gasteiger charge is 2.07. The highest BCUT2D eigenvalue weighted by atomic mass is 15.1. The SMILES string of the molecule is Cc1cc(C)nc(NC(C)c2ccncc2)n1. The Morgan fingerprint density at radius 3 is 2.24 bits per heavy atom. The summed E-state index contributed by atoms with van der Waals surface area (Å²) in [5, 5.41) is 3.29. The van der Waals surface area contributed by atoms with Gasteiger partial charge in [-0.1, -0.05) is 0 Å². The van der Waals surface area contributed by atoms with E-state index in [0.29, 0.717) is 5.95 Å². The van der Waals surface area contributed by atoms with Crippen LogP contribution >= 0.6 is 0 Å². The van der Waals surface area contributed by atoms with E-state index >= 15 is 0 Å². The van der Waals surface area contributed by atoms with Crippen LogP contribution in [0.3, 0.4) is 0 Å². The zero-order chi connectivity index (χ0) is 12.3. The van der Waals surface area contributed by atoms with Gasteiger partial charge < -0.3 is 5.32 Å². The zero-order valence-corrected chi connectivity index (χ0v) is 10.3. The van der Waals surface area contributed by atoms with Crippen molar-refractivity contribution in [3.05, 3.63) is 47.5 Å². The third-order valence-electron chi connectivity index (χ3n) is 2.53. The lowest BCUT2D eigenvalue weighted by atomic mass is 10.1. The maximum Gasteiger partial charge on any atom is 0.223 e. The summed E-state index contributed by atoms with van der Waals surface area (Å²) in [5.74, 6) is 0.673. The Kier molecular flexibility index (Phi) is 3.32. The highest BCUT2D eigenvalue weighted by molar-refractivity contribution is 5.32. The monoisotopic (exact) mass is 228 g/mol. The van der Waals surface area contributed by atoms with E-state index in [9.17, 15) is 0 Å². The lowest BCUT2D eigenvalue weighted by Gasteiger charge is -2.14. The van der Waals surface area contributed by atoms with E-state index in [-0.39, 0.29) is 6.04 Å². The van der Waals surface area contributed by atoms with Crippen LogP contribution in [0.5, 0.6) is 0 Å². The summed E-state index contributed by atoms with van der Waals surface area (Å²) in [6.07, 6.45) is 3.58. The molecule has 0 aliphatic carbocycles. The third-order valence-corrected chi connectivity index (χ3v) is 2.53. The summed E-state index contributed by atoms with van der Waals surface area (Å²) in [5.41, 5.74) is 3.12. The van der Waals surface area contributed by atoms with Gasteiger partial charge >= 0.3 is 0 Å². The molecule has 2 aromatic heterocycles. The third kappa shape index (κ3) is 3.00. The Balaban J connectivity index is 2.16. The van der Waals surface area contributed by atoms with Crippen molar-refractivity contribution in [1.82, 2.24) is 15.0 Å². The van der Waals surface area contributed by atoms with Crippen LogP contribution < -0.4 is 5.32 Å². The molecule has 1 atom stereocenters. The molecule has 2 aromatic rings. The summed E-state index contributed by atoms with van der Waals surface area (Å²) in [4.78, 5) is 12.7. The Bertz CT molecular complexity index is 476. The van der Waals surface area contributed by atoms with Gasteiger partial charge in [-0.05, 0) is 44.5 Å². The normalized spacial score (nSPS) is 12.2. The van der Waals surface area contributed by atoms with Crippen molar-refractivity contribution in [1.29, 1.82) is 0 Å². The molecule has 0 amide bonds. The minimum atomic E-state index is 0.166. The molecule has 2 heterocycles. The van der Waals surface area contributed by atoms with Gasteiger partial charge in [0.1, 0.15) is 0 Å². The molecule has 4 heteroatoms. The molecule has 0 fully saturated rings. The fourth-order valence-corrected chi connectivity index (χ4v) is 1.72. The fraction of sp³-hybridized carbons (Fsp3) is 0.308. The molecule has 0 aliphatic rings. The van der Waals surface area contributed by atoms with Crippen LogP contribution in [0.4, 0.5) is 5.95 Å². The molecule has 0 saturated heterocycles. The molecule has 4 nitrogen and oxygen atoms in total. The molecule has 0 radical (unpaired) electrons. The van der Waals surface area contributed by atoms with E-state index in [0.717, 1.165) is 11.4 Å². The standard InChI is InChI=1S/C13H16N4/c1-9-8-10(2)16-13(15-9)17-11(3)12-4-6-14-7-5-12/h4-8,11H,1-3H3,(H,15,16,17). The van der Waals surface area contributed by atoms with Gasteiger partial charge in [-0.15, -0.1) is 0 Å².